The van der Waals surface area contributed by atoms with Crippen LogP contribution in [0.3, 0.4) is 0 Å². The van der Waals surface area contributed by atoms with Crippen LogP contribution in [-0.2, 0) is 66.5 Å². The molecule has 1 atom stereocenters. The van der Waals surface area contributed by atoms with Gasteiger partial charge in [0.2, 0.25) is 17.7 Å². The lowest BCUT2D eigenvalue weighted by molar-refractivity contribution is -0.145. The van der Waals surface area contributed by atoms with Crippen LogP contribution in [0.5, 0.6) is 0 Å². The highest BCUT2D eigenvalue weighted by atomic mass is 16.6. The second-order valence-electron chi connectivity index (χ2n) is 13.5. The zero-order valence-corrected chi connectivity index (χ0v) is 34.9. The van der Waals surface area contributed by atoms with E-state index in [0.29, 0.717) is 132 Å². The van der Waals surface area contributed by atoms with Crippen molar-refractivity contribution in [1.29, 1.82) is 0 Å². The molecule has 0 aliphatic carbocycles. The van der Waals surface area contributed by atoms with Crippen LogP contribution in [0, 0.1) is 0 Å². The lowest BCUT2D eigenvalue weighted by Gasteiger charge is -2.27. The molecule has 2 aliphatic heterocycles. The Morgan fingerprint density at radius 3 is 1.58 bits per heavy atom. The van der Waals surface area contributed by atoms with Crippen LogP contribution < -0.4 is 10.6 Å². The van der Waals surface area contributed by atoms with E-state index in [1.165, 1.54) is 6.07 Å². The van der Waals surface area contributed by atoms with E-state index < -0.39 is 29.7 Å². The molecule has 19 nitrogen and oxygen atoms in total. The number of anilines is 1. The molecule has 1 aromatic carbocycles. The Morgan fingerprint density at radius 1 is 0.617 bits per heavy atom. The van der Waals surface area contributed by atoms with Crippen molar-refractivity contribution in [2.75, 3.05) is 131 Å². The first kappa shape index (κ1) is 50.4. The number of unbranched alkanes of at least 4 members (excludes halogenated alkanes) is 2. The molecule has 2 N–H and O–H groups in total. The van der Waals surface area contributed by atoms with E-state index in [9.17, 15) is 28.8 Å². The van der Waals surface area contributed by atoms with Gasteiger partial charge < -0.3 is 52.7 Å². The van der Waals surface area contributed by atoms with Gasteiger partial charge in [0, 0.05) is 25.9 Å². The summed E-state index contributed by atoms with van der Waals surface area (Å²) in [6.07, 6.45) is 3.63. The largest absolute Gasteiger partial charge is 0.463 e. The molecule has 2 aliphatic rings. The Kier molecular flexibility index (Phi) is 26.8. The van der Waals surface area contributed by atoms with Gasteiger partial charge in [0.25, 0.3) is 11.8 Å². The predicted octanol–water partition coefficient (Wildman–Crippen LogP) is 2.08. The number of nitrogens with one attached hydrogen (secondary N) is 2. The molecule has 0 spiro atoms. The van der Waals surface area contributed by atoms with E-state index in [1.54, 1.807) is 12.1 Å². The first-order valence-corrected chi connectivity index (χ1v) is 20.8. The van der Waals surface area contributed by atoms with E-state index in [0.717, 1.165) is 24.2 Å². The molecule has 338 valence electrons. The van der Waals surface area contributed by atoms with Gasteiger partial charge in [-0.25, -0.2) is 0 Å². The third-order valence-electron chi connectivity index (χ3n) is 8.86. The number of nitrogens with zero attached hydrogens (tertiary/aromatic N) is 1. The SMILES string of the molecule is CCCC(=O)OCCOCCOCCOCCOCCOCCOCCOCCOCCOCCCCCC(=O)Nc1cccc2c1C(=O)N(C1CCC(=O)NC1=O)C2=O. The van der Waals surface area contributed by atoms with Gasteiger partial charge in [-0.15, -0.1) is 0 Å². The first-order valence-electron chi connectivity index (χ1n) is 20.8. The zero-order valence-electron chi connectivity index (χ0n) is 34.9. The van der Waals surface area contributed by atoms with Gasteiger partial charge in [-0.2, -0.15) is 0 Å². The van der Waals surface area contributed by atoms with Gasteiger partial charge >= 0.3 is 5.97 Å². The predicted molar refractivity (Wildman–Crippen MR) is 213 cm³/mol. The normalized spacial score (nSPS) is 15.1. The smallest absolute Gasteiger partial charge is 0.305 e. The second-order valence-corrected chi connectivity index (χ2v) is 13.5. The highest BCUT2D eigenvalue weighted by Gasteiger charge is 2.45. The van der Waals surface area contributed by atoms with Crippen LogP contribution >= 0.6 is 0 Å². The van der Waals surface area contributed by atoms with Gasteiger partial charge in [-0.3, -0.25) is 39.0 Å². The zero-order chi connectivity index (χ0) is 43.0. The van der Waals surface area contributed by atoms with E-state index in [-0.39, 0.29) is 54.6 Å². The molecule has 1 aromatic rings. The summed E-state index contributed by atoms with van der Waals surface area (Å²) in [7, 11) is 0. The Labute approximate surface area is 351 Å². The summed E-state index contributed by atoms with van der Waals surface area (Å²) in [6.45, 7) is 10.3. The fourth-order valence-corrected chi connectivity index (χ4v) is 5.85. The van der Waals surface area contributed by atoms with Gasteiger partial charge in [-0.05, 0) is 37.8 Å². The number of piperidine rings is 1. The van der Waals surface area contributed by atoms with Gasteiger partial charge in [0.15, 0.2) is 0 Å². The molecular weight excluding hydrogens is 790 g/mol. The number of fused-ring (bicyclic) bond motifs is 1. The number of esters is 1. The molecule has 5 amide bonds. The summed E-state index contributed by atoms with van der Waals surface area (Å²) in [4.78, 5) is 74.8. The third kappa shape index (κ3) is 20.6. The number of hydrogen-bond donors (Lipinski definition) is 2. The maximum atomic E-state index is 13.2. The van der Waals surface area contributed by atoms with Crippen molar-refractivity contribution in [2.24, 2.45) is 0 Å². The van der Waals surface area contributed by atoms with E-state index in [1.807, 2.05) is 6.92 Å². The minimum Gasteiger partial charge on any atom is -0.463 e. The number of rotatable bonds is 37. The minimum absolute atomic E-state index is 0.0259. The second kappa shape index (κ2) is 31.9. The Balaban J connectivity index is 1.01. The summed E-state index contributed by atoms with van der Waals surface area (Å²) in [5.74, 6) is -2.93. The molecule has 0 radical (unpaired) electrons. The summed E-state index contributed by atoms with van der Waals surface area (Å²) >= 11 is 0. The van der Waals surface area contributed by atoms with Crippen molar-refractivity contribution in [3.8, 4) is 0 Å². The summed E-state index contributed by atoms with van der Waals surface area (Å²) in [6, 6.07) is 3.52. The van der Waals surface area contributed by atoms with Crippen molar-refractivity contribution in [3.63, 3.8) is 0 Å². The summed E-state index contributed by atoms with van der Waals surface area (Å²) in [5.41, 5.74) is 0.374. The number of ether oxygens (including phenoxy) is 10. The van der Waals surface area contributed by atoms with Crippen LogP contribution in [0.1, 0.15) is 79.0 Å². The molecule has 1 saturated heterocycles. The molecule has 60 heavy (non-hydrogen) atoms. The van der Waals surface area contributed by atoms with Gasteiger partial charge in [0.05, 0.1) is 129 Å². The number of carbonyl (C=O) groups is 6. The van der Waals surface area contributed by atoms with Crippen LogP contribution in [0.15, 0.2) is 18.2 Å². The highest BCUT2D eigenvalue weighted by molar-refractivity contribution is 6.26. The summed E-state index contributed by atoms with van der Waals surface area (Å²) < 4.78 is 54.2. The molecule has 0 saturated carbocycles. The topological polar surface area (TPSA) is 222 Å². The molecule has 3 rings (SSSR count). The number of imide groups is 2. The average molecular weight is 854 g/mol. The molecule has 1 fully saturated rings. The molecule has 0 bridgehead atoms. The fourth-order valence-electron chi connectivity index (χ4n) is 5.85. The van der Waals surface area contributed by atoms with Crippen LogP contribution in [0.25, 0.3) is 0 Å². The number of carbonyl (C=O) groups excluding carboxylic acids is 6. The van der Waals surface area contributed by atoms with Crippen molar-refractivity contribution in [2.45, 2.75) is 64.3 Å². The standard InChI is InChI=1S/C41H63N3O16/c1-2-7-37(47)60-31-30-59-29-28-58-27-26-57-25-24-56-23-22-55-21-20-54-19-18-53-17-16-52-15-14-51-13-5-3-4-10-35(45)42-33-9-6-8-32-38(33)41(50)44(40(32)49)34-11-12-36(46)43-39(34)48/h6,8-9,34H,2-5,7,10-31H2,1H3,(H,42,45)(H,43,46,48). The number of benzene rings is 1. The van der Waals surface area contributed by atoms with Crippen LogP contribution in [-0.4, -0.2) is 172 Å². The lowest BCUT2D eigenvalue weighted by Crippen LogP contribution is -2.54. The lowest BCUT2D eigenvalue weighted by atomic mass is 10.0. The first-order chi connectivity index (χ1) is 29.3. The minimum atomic E-state index is -1.08. The third-order valence-corrected chi connectivity index (χ3v) is 8.86. The highest BCUT2D eigenvalue weighted by Crippen LogP contribution is 2.32. The molecule has 19 heteroatoms. The average Bonchev–Trinajstić information content (AvgIpc) is 3.48. The van der Waals surface area contributed by atoms with Crippen molar-refractivity contribution in [3.05, 3.63) is 29.3 Å². The van der Waals surface area contributed by atoms with Crippen LogP contribution in [0.2, 0.25) is 0 Å². The van der Waals surface area contributed by atoms with Crippen molar-refractivity contribution >= 4 is 41.2 Å². The Bertz CT molecular complexity index is 1450. The summed E-state index contributed by atoms with van der Waals surface area (Å²) in [5, 5.41) is 4.90. The van der Waals surface area contributed by atoms with E-state index >= 15 is 0 Å². The van der Waals surface area contributed by atoms with E-state index in [2.05, 4.69) is 10.6 Å². The number of hydrogen-bond acceptors (Lipinski definition) is 16. The molecule has 0 aromatic heterocycles. The quantitative estimate of drug-likeness (QED) is 0.0556. The Morgan fingerprint density at radius 2 is 1.10 bits per heavy atom. The fraction of sp³-hybridized carbons (Fsp3) is 0.707. The van der Waals surface area contributed by atoms with Crippen molar-refractivity contribution < 1.29 is 76.1 Å². The van der Waals surface area contributed by atoms with Crippen molar-refractivity contribution in [1.82, 2.24) is 10.2 Å². The molecular formula is C41H63N3O16. The number of amides is 5. The Hall–Kier alpha value is -3.92. The monoisotopic (exact) mass is 853 g/mol. The molecule has 2 heterocycles. The van der Waals surface area contributed by atoms with E-state index in [4.69, 9.17) is 47.4 Å². The maximum Gasteiger partial charge on any atom is 0.305 e. The molecule has 1 unspecified atom stereocenters. The van der Waals surface area contributed by atoms with Gasteiger partial charge in [-0.1, -0.05) is 19.4 Å². The van der Waals surface area contributed by atoms with Crippen LogP contribution in [0.4, 0.5) is 5.69 Å². The maximum absolute atomic E-state index is 13.2. The van der Waals surface area contributed by atoms with Gasteiger partial charge in [0.1, 0.15) is 12.6 Å².